The molecule has 1 unspecified atom stereocenters. The summed E-state index contributed by atoms with van der Waals surface area (Å²) in [5.74, 6) is 2.68. The van der Waals surface area contributed by atoms with Gasteiger partial charge in [-0.25, -0.2) is 4.68 Å². The lowest BCUT2D eigenvalue weighted by atomic mass is 10.2. The van der Waals surface area contributed by atoms with Gasteiger partial charge in [-0.15, -0.1) is 0 Å². The molecule has 2 rings (SSSR count). The van der Waals surface area contributed by atoms with Gasteiger partial charge >= 0.3 is 5.69 Å². The van der Waals surface area contributed by atoms with E-state index in [1.807, 2.05) is 18.7 Å². The van der Waals surface area contributed by atoms with Gasteiger partial charge in [0.05, 0.1) is 4.92 Å². The molecule has 1 aliphatic heterocycles. The van der Waals surface area contributed by atoms with Gasteiger partial charge < -0.3 is 5.32 Å². The molecule has 1 aliphatic rings. The highest BCUT2D eigenvalue weighted by Gasteiger charge is 2.27. The summed E-state index contributed by atoms with van der Waals surface area (Å²) in [7, 11) is 0. The zero-order chi connectivity index (χ0) is 12.4. The van der Waals surface area contributed by atoms with Crippen LogP contribution in [0.3, 0.4) is 0 Å². The minimum Gasteiger partial charge on any atom is -0.361 e. The average molecular weight is 256 g/mol. The molecule has 0 radical (unpaired) electrons. The topological polar surface area (TPSA) is 73.0 Å². The van der Waals surface area contributed by atoms with E-state index in [-0.39, 0.29) is 10.6 Å². The monoisotopic (exact) mass is 256 g/mol. The Labute approximate surface area is 104 Å². The highest BCUT2D eigenvalue weighted by atomic mass is 32.2. The maximum atomic E-state index is 11.1. The summed E-state index contributed by atoms with van der Waals surface area (Å²) in [5, 5.41) is 18.5. The Morgan fingerprint density at radius 2 is 2.47 bits per heavy atom. The van der Waals surface area contributed by atoms with Crippen molar-refractivity contribution in [2.45, 2.75) is 32.9 Å². The lowest BCUT2D eigenvalue weighted by molar-refractivity contribution is -0.384. The molecule has 1 saturated heterocycles. The van der Waals surface area contributed by atoms with Gasteiger partial charge in [-0.1, -0.05) is 0 Å². The van der Waals surface area contributed by atoms with Gasteiger partial charge in [0.25, 0.3) is 0 Å². The third-order valence-corrected chi connectivity index (χ3v) is 4.01. The lowest BCUT2D eigenvalue weighted by Crippen LogP contribution is -2.21. The molecule has 1 N–H and O–H groups in total. The van der Waals surface area contributed by atoms with E-state index in [0.29, 0.717) is 24.1 Å². The molecule has 0 aromatic carbocycles. The summed E-state index contributed by atoms with van der Waals surface area (Å²) in [5.41, 5.74) is 0.591. The van der Waals surface area contributed by atoms with Crippen molar-refractivity contribution in [1.29, 1.82) is 0 Å². The van der Waals surface area contributed by atoms with E-state index in [9.17, 15) is 10.1 Å². The Kier molecular flexibility index (Phi) is 3.56. The van der Waals surface area contributed by atoms with Crippen molar-refractivity contribution >= 4 is 23.3 Å². The molecule has 1 atom stereocenters. The fraction of sp³-hybridized carbons (Fsp3) is 0.700. The molecule has 6 nitrogen and oxygen atoms in total. The second kappa shape index (κ2) is 4.95. The zero-order valence-corrected chi connectivity index (χ0v) is 10.8. The summed E-state index contributed by atoms with van der Waals surface area (Å²) < 4.78 is 1.68. The molecule has 1 aromatic heterocycles. The van der Waals surface area contributed by atoms with Crippen molar-refractivity contribution in [2.75, 3.05) is 16.8 Å². The number of nitrogens with zero attached hydrogens (tertiary/aromatic N) is 3. The summed E-state index contributed by atoms with van der Waals surface area (Å²) in [6.45, 7) is 4.25. The number of hydrogen-bond donors (Lipinski definition) is 1. The van der Waals surface area contributed by atoms with Gasteiger partial charge in [0.2, 0.25) is 5.82 Å². The van der Waals surface area contributed by atoms with Gasteiger partial charge in [-0.05, 0) is 26.0 Å². The molecule has 1 fully saturated rings. The van der Waals surface area contributed by atoms with Crippen LogP contribution in [0.25, 0.3) is 0 Å². The largest absolute Gasteiger partial charge is 0.361 e. The van der Waals surface area contributed by atoms with E-state index in [2.05, 4.69) is 10.4 Å². The first-order valence-electron chi connectivity index (χ1n) is 5.69. The first kappa shape index (κ1) is 12.2. The van der Waals surface area contributed by atoms with Crippen molar-refractivity contribution < 1.29 is 4.92 Å². The number of thioether (sulfide) groups is 1. The Balaban J connectivity index is 2.31. The molecule has 0 amide bonds. The smallest absolute Gasteiger partial charge is 0.333 e. The van der Waals surface area contributed by atoms with Gasteiger partial charge in [-0.2, -0.15) is 16.9 Å². The van der Waals surface area contributed by atoms with Crippen LogP contribution in [0.2, 0.25) is 0 Å². The number of hydrogen-bond acceptors (Lipinski definition) is 5. The summed E-state index contributed by atoms with van der Waals surface area (Å²) in [6, 6.07) is 0.320. The van der Waals surface area contributed by atoms with E-state index in [1.165, 1.54) is 0 Å². The Bertz CT molecular complexity index is 426. The molecular formula is C10H16N4O2S. The molecule has 0 saturated carbocycles. The molecule has 7 heteroatoms. The van der Waals surface area contributed by atoms with Crippen molar-refractivity contribution in [2.24, 2.45) is 0 Å². The normalized spacial score (nSPS) is 19.5. The fourth-order valence-electron chi connectivity index (χ4n) is 2.00. The second-order valence-corrected chi connectivity index (χ2v) is 5.21. The van der Waals surface area contributed by atoms with Gasteiger partial charge in [-0.3, -0.25) is 10.1 Å². The minimum atomic E-state index is -0.348. The maximum absolute atomic E-state index is 11.1. The van der Waals surface area contributed by atoms with Crippen LogP contribution in [-0.2, 0) is 6.54 Å². The van der Waals surface area contributed by atoms with E-state index < -0.39 is 0 Å². The number of aryl methyl sites for hydroxylation is 2. The Morgan fingerprint density at radius 3 is 3.00 bits per heavy atom. The number of anilines is 1. The molecule has 2 heterocycles. The minimum absolute atomic E-state index is 0.115. The quantitative estimate of drug-likeness (QED) is 0.659. The lowest BCUT2D eigenvalue weighted by Gasteiger charge is -2.12. The highest BCUT2D eigenvalue weighted by Crippen LogP contribution is 2.30. The van der Waals surface area contributed by atoms with Crippen molar-refractivity contribution in [3.63, 3.8) is 0 Å². The predicted octanol–water partition coefficient (Wildman–Crippen LogP) is 2.04. The second-order valence-electron chi connectivity index (χ2n) is 4.06. The van der Waals surface area contributed by atoms with Crippen LogP contribution in [0.5, 0.6) is 0 Å². The Morgan fingerprint density at radius 1 is 1.71 bits per heavy atom. The SMILES string of the molecule is CCn1nc(C)c([N+](=O)[O-])c1NC1CCSC1. The zero-order valence-electron chi connectivity index (χ0n) is 9.97. The van der Waals surface area contributed by atoms with Crippen molar-refractivity contribution in [1.82, 2.24) is 9.78 Å². The highest BCUT2D eigenvalue weighted by molar-refractivity contribution is 7.99. The van der Waals surface area contributed by atoms with Gasteiger partial charge in [0, 0.05) is 18.3 Å². The van der Waals surface area contributed by atoms with E-state index in [0.717, 1.165) is 17.9 Å². The van der Waals surface area contributed by atoms with Crippen LogP contribution in [0.15, 0.2) is 0 Å². The first-order valence-corrected chi connectivity index (χ1v) is 6.85. The van der Waals surface area contributed by atoms with Crippen LogP contribution >= 0.6 is 11.8 Å². The molecule has 0 aliphatic carbocycles. The Hall–Kier alpha value is -1.24. The molecule has 0 spiro atoms. The number of nitro groups is 1. The molecule has 94 valence electrons. The molecule has 1 aromatic rings. The fourth-order valence-corrected chi connectivity index (χ4v) is 3.16. The standard InChI is InChI=1S/C10H16N4O2S/c1-3-13-10(11-8-4-5-17-6-8)9(14(15)16)7(2)12-13/h8,11H,3-6H2,1-2H3. The number of rotatable bonds is 4. The summed E-state index contributed by atoms with van der Waals surface area (Å²) >= 11 is 1.87. The van der Waals surface area contributed by atoms with E-state index in [1.54, 1.807) is 11.6 Å². The maximum Gasteiger partial charge on any atom is 0.333 e. The number of aromatic nitrogens is 2. The van der Waals surface area contributed by atoms with Gasteiger partial charge in [0.15, 0.2) is 0 Å². The van der Waals surface area contributed by atoms with Crippen LogP contribution in [0, 0.1) is 17.0 Å². The van der Waals surface area contributed by atoms with E-state index in [4.69, 9.17) is 0 Å². The van der Waals surface area contributed by atoms with Gasteiger partial charge in [0.1, 0.15) is 5.69 Å². The molecular weight excluding hydrogens is 240 g/mol. The number of nitrogens with one attached hydrogen (secondary N) is 1. The average Bonchev–Trinajstić information content (AvgIpc) is 2.86. The first-order chi connectivity index (χ1) is 8.13. The predicted molar refractivity (Wildman–Crippen MR) is 68.6 cm³/mol. The molecule has 17 heavy (non-hydrogen) atoms. The van der Waals surface area contributed by atoms with E-state index >= 15 is 0 Å². The van der Waals surface area contributed by atoms with Crippen LogP contribution in [0.1, 0.15) is 19.0 Å². The third-order valence-electron chi connectivity index (χ3n) is 2.85. The molecule has 0 bridgehead atoms. The van der Waals surface area contributed by atoms with Crippen LogP contribution in [-0.4, -0.2) is 32.3 Å². The van der Waals surface area contributed by atoms with Crippen LogP contribution in [0.4, 0.5) is 11.5 Å². The third kappa shape index (κ3) is 2.38. The summed E-state index contributed by atoms with van der Waals surface area (Å²) in [4.78, 5) is 10.7. The van der Waals surface area contributed by atoms with Crippen LogP contribution < -0.4 is 5.32 Å². The van der Waals surface area contributed by atoms with Crippen molar-refractivity contribution in [3.8, 4) is 0 Å². The van der Waals surface area contributed by atoms with Crippen molar-refractivity contribution in [3.05, 3.63) is 15.8 Å². The summed E-state index contributed by atoms with van der Waals surface area (Å²) in [6.07, 6.45) is 1.05.